The van der Waals surface area contributed by atoms with E-state index in [1.54, 1.807) is 16.7 Å². The van der Waals surface area contributed by atoms with E-state index in [2.05, 4.69) is 4.98 Å². The minimum atomic E-state index is -0.0284. The van der Waals surface area contributed by atoms with Crippen LogP contribution in [-0.2, 0) is 13.1 Å². The molecule has 0 bridgehead atoms. The van der Waals surface area contributed by atoms with E-state index in [-0.39, 0.29) is 11.9 Å². The minimum absolute atomic E-state index is 0.0284. The zero-order chi connectivity index (χ0) is 13.8. The van der Waals surface area contributed by atoms with Gasteiger partial charge in [0.25, 0.3) is 5.91 Å². The van der Waals surface area contributed by atoms with Gasteiger partial charge in [-0.1, -0.05) is 6.07 Å². The predicted molar refractivity (Wildman–Crippen MR) is 79.3 cm³/mol. The van der Waals surface area contributed by atoms with Crippen molar-refractivity contribution in [2.75, 3.05) is 0 Å². The number of carbonyl (C=O) groups excluding carboxylic acids is 1. The van der Waals surface area contributed by atoms with Crippen LogP contribution in [0.3, 0.4) is 0 Å². The maximum atomic E-state index is 12.5. The van der Waals surface area contributed by atoms with Crippen LogP contribution in [0.2, 0.25) is 0 Å². The fraction of sp³-hybridized carbons (Fsp3) is 0.385. The lowest BCUT2D eigenvalue weighted by Crippen LogP contribution is -2.36. The van der Waals surface area contributed by atoms with Crippen molar-refractivity contribution in [2.45, 2.75) is 33.0 Å². The Bertz CT molecular complexity index is 534. The third-order valence-corrected chi connectivity index (χ3v) is 4.47. The summed E-state index contributed by atoms with van der Waals surface area (Å²) in [6.07, 6.45) is 0. The summed E-state index contributed by atoms with van der Waals surface area (Å²) >= 11 is 3.09. The van der Waals surface area contributed by atoms with Crippen LogP contribution in [0, 0.1) is 0 Å². The maximum absolute atomic E-state index is 12.5. The molecule has 0 saturated heterocycles. The molecule has 102 valence electrons. The van der Waals surface area contributed by atoms with Crippen molar-refractivity contribution in [2.24, 2.45) is 5.73 Å². The molecule has 0 radical (unpaired) electrons. The van der Waals surface area contributed by atoms with Gasteiger partial charge in [0.1, 0.15) is 10.7 Å². The highest BCUT2D eigenvalue weighted by Crippen LogP contribution is 2.18. The smallest absolute Gasteiger partial charge is 0.273 e. The second kappa shape index (κ2) is 6.27. The molecular weight excluding hydrogens is 278 g/mol. The third kappa shape index (κ3) is 3.40. The van der Waals surface area contributed by atoms with E-state index >= 15 is 0 Å². The van der Waals surface area contributed by atoms with E-state index in [1.165, 1.54) is 16.2 Å². The first-order valence-electron chi connectivity index (χ1n) is 6.09. The van der Waals surface area contributed by atoms with Gasteiger partial charge in [-0.2, -0.15) is 0 Å². The van der Waals surface area contributed by atoms with E-state index in [4.69, 9.17) is 5.73 Å². The van der Waals surface area contributed by atoms with Gasteiger partial charge in [-0.05, 0) is 25.3 Å². The molecule has 6 heteroatoms. The van der Waals surface area contributed by atoms with Gasteiger partial charge in [0, 0.05) is 22.8 Å². The highest BCUT2D eigenvalue weighted by Gasteiger charge is 2.21. The second-order valence-corrected chi connectivity index (χ2v) is 6.41. The zero-order valence-electron chi connectivity index (χ0n) is 11.0. The summed E-state index contributed by atoms with van der Waals surface area (Å²) in [6, 6.07) is 4.18. The molecule has 0 saturated carbocycles. The Morgan fingerprint density at radius 3 is 2.79 bits per heavy atom. The van der Waals surface area contributed by atoms with Crippen LogP contribution in [0.4, 0.5) is 0 Å². The van der Waals surface area contributed by atoms with Crippen LogP contribution >= 0.6 is 22.7 Å². The molecule has 0 aliphatic rings. The Morgan fingerprint density at radius 1 is 1.47 bits per heavy atom. The van der Waals surface area contributed by atoms with Gasteiger partial charge in [-0.25, -0.2) is 4.98 Å². The highest BCUT2D eigenvalue weighted by molar-refractivity contribution is 7.10. The number of rotatable bonds is 5. The highest BCUT2D eigenvalue weighted by atomic mass is 32.1. The average Bonchev–Trinajstić information content (AvgIpc) is 3.05. The molecule has 2 heterocycles. The lowest BCUT2D eigenvalue weighted by atomic mass is 10.2. The minimum Gasteiger partial charge on any atom is -0.330 e. The van der Waals surface area contributed by atoms with Crippen LogP contribution < -0.4 is 5.73 Å². The Morgan fingerprint density at radius 2 is 2.26 bits per heavy atom. The molecule has 0 atom stereocenters. The van der Waals surface area contributed by atoms with Crippen molar-refractivity contribution >= 4 is 28.6 Å². The summed E-state index contributed by atoms with van der Waals surface area (Å²) in [5.41, 5.74) is 6.03. The largest absolute Gasteiger partial charge is 0.330 e. The van der Waals surface area contributed by atoms with Crippen LogP contribution in [0.15, 0.2) is 22.9 Å². The standard InChI is InChI=1S/C13H17N3OS2/c1-9(2)16(7-10-4-3-5-18-10)13(17)11-8-19-12(6-14)15-11/h3-5,8-9H,6-7,14H2,1-2H3. The first kappa shape index (κ1) is 14.2. The quantitative estimate of drug-likeness (QED) is 0.922. The summed E-state index contributed by atoms with van der Waals surface area (Å²) < 4.78 is 0. The molecule has 0 aromatic carbocycles. The number of carbonyl (C=O) groups is 1. The summed E-state index contributed by atoms with van der Waals surface area (Å²) in [6.45, 7) is 5.04. The van der Waals surface area contributed by atoms with Gasteiger partial charge in [0.05, 0.1) is 6.54 Å². The molecule has 4 nitrogen and oxygen atoms in total. The number of thiazole rings is 1. The van der Waals surface area contributed by atoms with E-state index in [9.17, 15) is 4.79 Å². The summed E-state index contributed by atoms with van der Waals surface area (Å²) in [5, 5.41) is 4.60. The Balaban J connectivity index is 2.16. The summed E-state index contributed by atoms with van der Waals surface area (Å²) in [5.74, 6) is -0.0284. The SMILES string of the molecule is CC(C)N(Cc1cccs1)C(=O)c1csc(CN)n1. The Hall–Kier alpha value is -1.24. The van der Waals surface area contributed by atoms with E-state index < -0.39 is 0 Å². The number of amides is 1. The number of aromatic nitrogens is 1. The van der Waals surface area contributed by atoms with Gasteiger partial charge in [0.15, 0.2) is 0 Å². The topological polar surface area (TPSA) is 59.2 Å². The molecule has 2 N–H and O–H groups in total. The van der Waals surface area contributed by atoms with Gasteiger partial charge < -0.3 is 10.6 Å². The van der Waals surface area contributed by atoms with Crippen molar-refractivity contribution in [3.63, 3.8) is 0 Å². The fourth-order valence-electron chi connectivity index (χ4n) is 1.71. The Labute approximate surface area is 120 Å². The summed E-state index contributed by atoms with van der Waals surface area (Å²) in [4.78, 5) is 19.8. The van der Waals surface area contributed by atoms with Gasteiger partial charge in [-0.3, -0.25) is 4.79 Å². The number of hydrogen-bond donors (Lipinski definition) is 1. The van der Waals surface area contributed by atoms with Gasteiger partial charge >= 0.3 is 0 Å². The van der Waals surface area contributed by atoms with Gasteiger partial charge in [0.2, 0.25) is 0 Å². The number of nitrogens with two attached hydrogens (primary N) is 1. The van der Waals surface area contributed by atoms with Crippen LogP contribution in [0.1, 0.15) is 34.2 Å². The van der Waals surface area contributed by atoms with Crippen molar-refractivity contribution in [3.8, 4) is 0 Å². The van der Waals surface area contributed by atoms with Crippen molar-refractivity contribution < 1.29 is 4.79 Å². The molecule has 0 unspecified atom stereocenters. The lowest BCUT2D eigenvalue weighted by molar-refractivity contribution is 0.0687. The number of hydrogen-bond acceptors (Lipinski definition) is 5. The first-order valence-corrected chi connectivity index (χ1v) is 7.85. The predicted octanol–water partition coefficient (Wildman–Crippen LogP) is 2.71. The van der Waals surface area contributed by atoms with Crippen LogP contribution in [0.25, 0.3) is 0 Å². The third-order valence-electron chi connectivity index (χ3n) is 2.74. The average molecular weight is 295 g/mol. The summed E-state index contributed by atoms with van der Waals surface area (Å²) in [7, 11) is 0. The van der Waals surface area contributed by atoms with Crippen molar-refractivity contribution in [3.05, 3.63) is 38.5 Å². The maximum Gasteiger partial charge on any atom is 0.273 e. The zero-order valence-corrected chi connectivity index (χ0v) is 12.6. The van der Waals surface area contributed by atoms with E-state index in [0.717, 1.165) is 5.01 Å². The lowest BCUT2D eigenvalue weighted by Gasteiger charge is -2.25. The molecule has 19 heavy (non-hydrogen) atoms. The molecule has 0 fully saturated rings. The molecule has 0 spiro atoms. The number of thiophene rings is 1. The molecule has 2 rings (SSSR count). The van der Waals surface area contributed by atoms with Crippen LogP contribution in [0.5, 0.6) is 0 Å². The van der Waals surface area contributed by atoms with E-state index in [1.807, 2.05) is 36.3 Å². The first-order chi connectivity index (χ1) is 9.11. The fourth-order valence-corrected chi connectivity index (χ4v) is 3.06. The normalized spacial score (nSPS) is 10.9. The molecule has 2 aromatic heterocycles. The number of nitrogens with zero attached hydrogens (tertiary/aromatic N) is 2. The van der Waals surface area contributed by atoms with Crippen LogP contribution in [-0.4, -0.2) is 21.8 Å². The monoisotopic (exact) mass is 295 g/mol. The molecular formula is C13H17N3OS2. The molecule has 0 aliphatic carbocycles. The molecule has 1 amide bonds. The molecule has 2 aromatic rings. The second-order valence-electron chi connectivity index (χ2n) is 4.44. The van der Waals surface area contributed by atoms with Crippen molar-refractivity contribution in [1.29, 1.82) is 0 Å². The van der Waals surface area contributed by atoms with E-state index in [0.29, 0.717) is 18.8 Å². The molecule has 0 aliphatic heterocycles. The Kier molecular flexibility index (Phi) is 4.68. The van der Waals surface area contributed by atoms with Gasteiger partial charge in [-0.15, -0.1) is 22.7 Å². The van der Waals surface area contributed by atoms with Crippen molar-refractivity contribution in [1.82, 2.24) is 9.88 Å².